The lowest BCUT2D eigenvalue weighted by Crippen LogP contribution is -2.22. The standard InChI is InChI=1S/C11H19N3O2/c1-8(2)9(4-12)10-5-13-7-14(10)6-11(15)16-3/h5,7-9H,4,6,12H2,1-3H3. The van der Waals surface area contributed by atoms with Gasteiger partial charge in [0.15, 0.2) is 0 Å². The molecular weight excluding hydrogens is 206 g/mol. The molecule has 5 nitrogen and oxygen atoms in total. The Morgan fingerprint density at radius 3 is 2.81 bits per heavy atom. The number of hydrogen-bond acceptors (Lipinski definition) is 4. The predicted molar refractivity (Wildman–Crippen MR) is 60.9 cm³/mol. The minimum Gasteiger partial charge on any atom is -0.468 e. The zero-order valence-corrected chi connectivity index (χ0v) is 10.0. The van der Waals surface area contributed by atoms with Gasteiger partial charge in [0.1, 0.15) is 6.54 Å². The molecular formula is C11H19N3O2. The fourth-order valence-corrected chi connectivity index (χ4v) is 1.71. The zero-order chi connectivity index (χ0) is 12.1. The molecule has 2 N–H and O–H groups in total. The molecule has 1 unspecified atom stereocenters. The zero-order valence-electron chi connectivity index (χ0n) is 10.0. The van der Waals surface area contributed by atoms with Crippen molar-refractivity contribution in [3.05, 3.63) is 18.2 Å². The number of methoxy groups -OCH3 is 1. The number of aromatic nitrogens is 2. The molecule has 1 heterocycles. The van der Waals surface area contributed by atoms with E-state index >= 15 is 0 Å². The average Bonchev–Trinajstić information content (AvgIpc) is 2.67. The van der Waals surface area contributed by atoms with E-state index < -0.39 is 0 Å². The van der Waals surface area contributed by atoms with Crippen LogP contribution in [-0.2, 0) is 16.1 Å². The highest BCUT2D eigenvalue weighted by molar-refractivity contribution is 5.69. The first-order chi connectivity index (χ1) is 7.60. The molecule has 90 valence electrons. The Kier molecular flexibility index (Phi) is 4.49. The summed E-state index contributed by atoms with van der Waals surface area (Å²) in [5.41, 5.74) is 6.73. The first-order valence-corrected chi connectivity index (χ1v) is 5.37. The van der Waals surface area contributed by atoms with E-state index in [1.165, 1.54) is 7.11 Å². The van der Waals surface area contributed by atoms with E-state index in [1.54, 1.807) is 17.1 Å². The number of nitrogens with two attached hydrogens (primary N) is 1. The van der Waals surface area contributed by atoms with Gasteiger partial charge in [0.25, 0.3) is 0 Å². The van der Waals surface area contributed by atoms with Crippen molar-refractivity contribution in [2.24, 2.45) is 11.7 Å². The van der Waals surface area contributed by atoms with Crippen molar-refractivity contribution in [1.82, 2.24) is 9.55 Å². The van der Waals surface area contributed by atoms with Gasteiger partial charge in [-0.15, -0.1) is 0 Å². The fourth-order valence-electron chi connectivity index (χ4n) is 1.71. The topological polar surface area (TPSA) is 70.1 Å². The van der Waals surface area contributed by atoms with E-state index in [9.17, 15) is 4.79 Å². The molecule has 0 radical (unpaired) electrons. The van der Waals surface area contributed by atoms with Crippen molar-refractivity contribution in [3.8, 4) is 0 Å². The highest BCUT2D eigenvalue weighted by Gasteiger charge is 2.19. The third-order valence-electron chi connectivity index (χ3n) is 2.71. The van der Waals surface area contributed by atoms with E-state index in [4.69, 9.17) is 5.73 Å². The molecule has 0 saturated carbocycles. The second kappa shape index (κ2) is 5.65. The Bertz CT molecular complexity index is 347. The summed E-state index contributed by atoms with van der Waals surface area (Å²) in [5.74, 6) is 0.351. The number of nitrogens with zero attached hydrogens (tertiary/aromatic N) is 2. The molecule has 1 rings (SSSR count). The third-order valence-corrected chi connectivity index (χ3v) is 2.71. The van der Waals surface area contributed by atoms with Crippen molar-refractivity contribution in [2.45, 2.75) is 26.3 Å². The summed E-state index contributed by atoms with van der Waals surface area (Å²) in [6.45, 7) is 4.94. The van der Waals surface area contributed by atoms with Crippen LogP contribution >= 0.6 is 0 Å². The summed E-state index contributed by atoms with van der Waals surface area (Å²) in [5, 5.41) is 0. The summed E-state index contributed by atoms with van der Waals surface area (Å²) < 4.78 is 6.43. The van der Waals surface area contributed by atoms with Crippen LogP contribution in [0.1, 0.15) is 25.5 Å². The molecule has 16 heavy (non-hydrogen) atoms. The Balaban J connectivity index is 2.88. The van der Waals surface area contributed by atoms with Crippen molar-refractivity contribution >= 4 is 5.97 Å². The molecule has 0 saturated heterocycles. The van der Waals surface area contributed by atoms with Gasteiger partial charge in [-0.1, -0.05) is 13.8 Å². The normalized spacial score (nSPS) is 12.8. The lowest BCUT2D eigenvalue weighted by molar-refractivity contribution is -0.141. The Labute approximate surface area is 95.6 Å². The maximum Gasteiger partial charge on any atom is 0.325 e. The van der Waals surface area contributed by atoms with Crippen molar-refractivity contribution in [1.29, 1.82) is 0 Å². The van der Waals surface area contributed by atoms with Crippen molar-refractivity contribution in [3.63, 3.8) is 0 Å². The van der Waals surface area contributed by atoms with Gasteiger partial charge >= 0.3 is 5.97 Å². The highest BCUT2D eigenvalue weighted by Crippen LogP contribution is 2.22. The SMILES string of the molecule is COC(=O)Cn1cncc1C(CN)C(C)C. The van der Waals surface area contributed by atoms with E-state index in [1.807, 2.05) is 0 Å². The van der Waals surface area contributed by atoms with Crippen LogP contribution in [-0.4, -0.2) is 29.2 Å². The molecule has 0 aliphatic carbocycles. The number of carbonyl (C=O) groups is 1. The van der Waals surface area contributed by atoms with Crippen LogP contribution in [0, 0.1) is 5.92 Å². The van der Waals surface area contributed by atoms with E-state index in [0.717, 1.165) is 5.69 Å². The maximum atomic E-state index is 11.2. The number of imidazole rings is 1. The monoisotopic (exact) mass is 225 g/mol. The molecule has 0 aliphatic rings. The predicted octanol–water partition coefficient (Wildman–Crippen LogP) is 0.754. The second-order valence-electron chi connectivity index (χ2n) is 4.11. The van der Waals surface area contributed by atoms with Gasteiger partial charge in [-0.25, -0.2) is 4.98 Å². The van der Waals surface area contributed by atoms with Gasteiger partial charge in [0.2, 0.25) is 0 Å². The van der Waals surface area contributed by atoms with E-state index in [0.29, 0.717) is 12.5 Å². The van der Waals surface area contributed by atoms with Crippen LogP contribution in [0.3, 0.4) is 0 Å². The van der Waals surface area contributed by atoms with Crippen LogP contribution in [0.4, 0.5) is 0 Å². The molecule has 1 atom stereocenters. The lowest BCUT2D eigenvalue weighted by Gasteiger charge is -2.20. The third kappa shape index (κ3) is 2.82. The summed E-state index contributed by atoms with van der Waals surface area (Å²) in [4.78, 5) is 15.3. The summed E-state index contributed by atoms with van der Waals surface area (Å²) in [7, 11) is 1.38. The minimum atomic E-state index is -0.279. The average molecular weight is 225 g/mol. The molecule has 0 spiro atoms. The van der Waals surface area contributed by atoms with Crippen LogP contribution in [0.25, 0.3) is 0 Å². The van der Waals surface area contributed by atoms with Crippen LogP contribution in [0.2, 0.25) is 0 Å². The molecule has 0 aromatic carbocycles. The number of rotatable bonds is 5. The molecule has 0 bridgehead atoms. The first kappa shape index (κ1) is 12.7. The quantitative estimate of drug-likeness (QED) is 0.751. The molecule has 1 aromatic heterocycles. The van der Waals surface area contributed by atoms with E-state index in [-0.39, 0.29) is 18.4 Å². The number of ether oxygens (including phenoxy) is 1. The number of esters is 1. The van der Waals surface area contributed by atoms with Gasteiger partial charge < -0.3 is 15.0 Å². The van der Waals surface area contributed by atoms with Gasteiger partial charge in [-0.3, -0.25) is 4.79 Å². The first-order valence-electron chi connectivity index (χ1n) is 5.37. The largest absolute Gasteiger partial charge is 0.468 e. The van der Waals surface area contributed by atoms with E-state index in [2.05, 4.69) is 23.6 Å². The van der Waals surface area contributed by atoms with Gasteiger partial charge in [-0.2, -0.15) is 0 Å². The molecule has 0 fully saturated rings. The number of hydrogen-bond donors (Lipinski definition) is 1. The smallest absolute Gasteiger partial charge is 0.325 e. The van der Waals surface area contributed by atoms with Crippen molar-refractivity contribution < 1.29 is 9.53 Å². The Hall–Kier alpha value is -1.36. The van der Waals surface area contributed by atoms with Crippen LogP contribution in [0.5, 0.6) is 0 Å². The molecule has 0 amide bonds. The Morgan fingerprint density at radius 2 is 2.31 bits per heavy atom. The molecule has 5 heteroatoms. The summed E-state index contributed by atoms with van der Waals surface area (Å²) in [6, 6.07) is 0. The molecule has 1 aromatic rings. The van der Waals surface area contributed by atoms with Gasteiger partial charge in [0.05, 0.1) is 13.4 Å². The lowest BCUT2D eigenvalue weighted by atomic mass is 9.93. The van der Waals surface area contributed by atoms with Crippen LogP contribution < -0.4 is 5.73 Å². The minimum absolute atomic E-state index is 0.190. The number of carbonyl (C=O) groups excluding carboxylic acids is 1. The molecule has 0 aliphatic heterocycles. The summed E-state index contributed by atoms with van der Waals surface area (Å²) in [6.07, 6.45) is 3.40. The van der Waals surface area contributed by atoms with Gasteiger partial charge in [0, 0.05) is 24.4 Å². The second-order valence-corrected chi connectivity index (χ2v) is 4.11. The van der Waals surface area contributed by atoms with Crippen LogP contribution in [0.15, 0.2) is 12.5 Å². The van der Waals surface area contributed by atoms with Gasteiger partial charge in [-0.05, 0) is 5.92 Å². The highest BCUT2D eigenvalue weighted by atomic mass is 16.5. The fraction of sp³-hybridized carbons (Fsp3) is 0.636. The van der Waals surface area contributed by atoms with Crippen molar-refractivity contribution in [2.75, 3.05) is 13.7 Å². The summed E-state index contributed by atoms with van der Waals surface area (Å²) >= 11 is 0. The Morgan fingerprint density at radius 1 is 1.62 bits per heavy atom. The maximum absolute atomic E-state index is 11.2.